The van der Waals surface area contributed by atoms with E-state index in [0.717, 1.165) is 19.5 Å². The fraction of sp³-hybridized carbons (Fsp3) is 0.500. The Balaban J connectivity index is 1.86. The lowest BCUT2D eigenvalue weighted by Gasteiger charge is -2.10. The normalized spacial score (nSPS) is 12.8. The van der Waals surface area contributed by atoms with E-state index in [1.165, 1.54) is 15.3 Å². The molecule has 2 aromatic heterocycles. The highest BCUT2D eigenvalue weighted by Crippen LogP contribution is 2.22. The summed E-state index contributed by atoms with van der Waals surface area (Å²) in [6.45, 7) is 8.40. The van der Waals surface area contributed by atoms with Gasteiger partial charge in [0.05, 0.1) is 6.20 Å². The van der Waals surface area contributed by atoms with Crippen molar-refractivity contribution in [2.45, 2.75) is 46.3 Å². The van der Waals surface area contributed by atoms with Gasteiger partial charge in [-0.1, -0.05) is 6.92 Å². The van der Waals surface area contributed by atoms with Gasteiger partial charge in [-0.25, -0.2) is 0 Å². The summed E-state index contributed by atoms with van der Waals surface area (Å²) in [4.78, 5) is 2.77. The summed E-state index contributed by atoms with van der Waals surface area (Å²) in [5.41, 5.74) is 1.25. The molecule has 1 N–H and O–H groups in total. The van der Waals surface area contributed by atoms with Gasteiger partial charge in [-0.2, -0.15) is 5.10 Å². The van der Waals surface area contributed by atoms with E-state index in [0.29, 0.717) is 6.04 Å². The number of aromatic nitrogens is 2. The zero-order chi connectivity index (χ0) is 13.0. The van der Waals surface area contributed by atoms with E-state index >= 15 is 0 Å². The molecule has 0 saturated heterocycles. The molecule has 1 unspecified atom stereocenters. The van der Waals surface area contributed by atoms with Crippen molar-refractivity contribution >= 4 is 11.3 Å². The van der Waals surface area contributed by atoms with Gasteiger partial charge in [-0.05, 0) is 32.4 Å². The van der Waals surface area contributed by atoms with Crippen LogP contribution in [0.5, 0.6) is 0 Å². The average Bonchev–Trinajstić information content (AvgIpc) is 2.96. The largest absolute Gasteiger partial charge is 0.305 e. The molecule has 18 heavy (non-hydrogen) atoms. The molecular weight excluding hydrogens is 242 g/mol. The number of hydrogen-bond acceptors (Lipinski definition) is 3. The molecule has 2 heterocycles. The van der Waals surface area contributed by atoms with Crippen LogP contribution < -0.4 is 5.32 Å². The summed E-state index contributed by atoms with van der Waals surface area (Å²) in [5, 5.41) is 7.88. The van der Waals surface area contributed by atoms with E-state index < -0.39 is 0 Å². The second-order valence-electron chi connectivity index (χ2n) is 4.66. The number of aryl methyl sites for hydroxylation is 2. The van der Waals surface area contributed by atoms with Crippen LogP contribution in [0.4, 0.5) is 0 Å². The second kappa shape index (κ2) is 6.16. The van der Waals surface area contributed by atoms with Crippen molar-refractivity contribution in [1.29, 1.82) is 0 Å². The van der Waals surface area contributed by atoms with Gasteiger partial charge in [-0.3, -0.25) is 4.68 Å². The van der Waals surface area contributed by atoms with E-state index in [-0.39, 0.29) is 0 Å². The molecule has 0 spiro atoms. The predicted molar refractivity (Wildman–Crippen MR) is 76.8 cm³/mol. The van der Waals surface area contributed by atoms with Gasteiger partial charge in [0, 0.05) is 40.6 Å². The van der Waals surface area contributed by atoms with Crippen LogP contribution >= 0.6 is 11.3 Å². The van der Waals surface area contributed by atoms with Crippen molar-refractivity contribution < 1.29 is 0 Å². The summed E-state index contributed by atoms with van der Waals surface area (Å²) in [6, 6.07) is 4.79. The lowest BCUT2D eigenvalue weighted by Crippen LogP contribution is -2.16. The van der Waals surface area contributed by atoms with E-state index in [9.17, 15) is 0 Å². The smallest absolute Gasteiger partial charge is 0.0534 e. The molecule has 2 rings (SSSR count). The van der Waals surface area contributed by atoms with Crippen molar-refractivity contribution in [3.8, 4) is 0 Å². The predicted octanol–water partition coefficient (Wildman–Crippen LogP) is 3.51. The van der Waals surface area contributed by atoms with Crippen LogP contribution in [0.3, 0.4) is 0 Å². The molecule has 0 amide bonds. The molecule has 0 aromatic carbocycles. The Kier molecular flexibility index (Phi) is 4.55. The second-order valence-corrected chi connectivity index (χ2v) is 5.98. The topological polar surface area (TPSA) is 29.9 Å². The fourth-order valence-corrected chi connectivity index (χ4v) is 2.81. The van der Waals surface area contributed by atoms with Crippen LogP contribution in [0.15, 0.2) is 24.5 Å². The molecule has 1 atom stereocenters. The molecule has 4 heteroatoms. The zero-order valence-electron chi connectivity index (χ0n) is 11.3. The molecule has 3 nitrogen and oxygen atoms in total. The first-order chi connectivity index (χ1) is 8.69. The molecule has 0 aliphatic heterocycles. The van der Waals surface area contributed by atoms with Gasteiger partial charge in [0.15, 0.2) is 0 Å². The molecule has 0 aliphatic carbocycles. The van der Waals surface area contributed by atoms with E-state index in [4.69, 9.17) is 0 Å². The Hall–Kier alpha value is -1.13. The zero-order valence-corrected chi connectivity index (χ0v) is 12.1. The average molecular weight is 263 g/mol. The van der Waals surface area contributed by atoms with Crippen molar-refractivity contribution in [3.05, 3.63) is 39.8 Å². The highest BCUT2D eigenvalue weighted by atomic mass is 32.1. The van der Waals surface area contributed by atoms with Crippen LogP contribution in [-0.4, -0.2) is 9.78 Å². The van der Waals surface area contributed by atoms with Crippen LogP contribution in [0.1, 0.15) is 41.6 Å². The Morgan fingerprint density at radius 2 is 2.28 bits per heavy atom. The summed E-state index contributed by atoms with van der Waals surface area (Å²) < 4.78 is 2.01. The number of thiophene rings is 1. The lowest BCUT2D eigenvalue weighted by atomic mass is 10.2. The summed E-state index contributed by atoms with van der Waals surface area (Å²) >= 11 is 1.86. The Labute approximate surface area is 113 Å². The van der Waals surface area contributed by atoms with Gasteiger partial charge in [0.2, 0.25) is 0 Å². The first-order valence-electron chi connectivity index (χ1n) is 6.50. The van der Waals surface area contributed by atoms with Crippen LogP contribution in [0.2, 0.25) is 0 Å². The highest BCUT2D eigenvalue weighted by Gasteiger charge is 2.07. The molecular formula is C14H21N3S. The van der Waals surface area contributed by atoms with Crippen molar-refractivity contribution in [2.24, 2.45) is 0 Å². The van der Waals surface area contributed by atoms with Crippen molar-refractivity contribution in [2.75, 3.05) is 0 Å². The quantitative estimate of drug-likeness (QED) is 0.864. The summed E-state index contributed by atoms with van der Waals surface area (Å²) in [6.07, 6.45) is 5.21. The number of hydrogen-bond donors (Lipinski definition) is 1. The van der Waals surface area contributed by atoms with Crippen molar-refractivity contribution in [3.63, 3.8) is 0 Å². The maximum Gasteiger partial charge on any atom is 0.0534 e. The Morgan fingerprint density at radius 3 is 2.94 bits per heavy atom. The monoisotopic (exact) mass is 263 g/mol. The fourth-order valence-electron chi connectivity index (χ4n) is 1.91. The molecule has 2 aromatic rings. The summed E-state index contributed by atoms with van der Waals surface area (Å²) in [7, 11) is 0. The van der Waals surface area contributed by atoms with Gasteiger partial charge < -0.3 is 5.32 Å². The lowest BCUT2D eigenvalue weighted by molar-refractivity contribution is 0.579. The highest BCUT2D eigenvalue weighted by molar-refractivity contribution is 7.12. The SMILES string of the molecule is CCCn1cc(CNC(C)c2ccc(C)s2)cn1. The Bertz CT molecular complexity index is 487. The third-order valence-corrected chi connectivity index (χ3v) is 4.12. The maximum atomic E-state index is 4.34. The molecule has 0 saturated carbocycles. The number of rotatable bonds is 6. The first kappa shape index (κ1) is 13.3. The third kappa shape index (κ3) is 3.43. The van der Waals surface area contributed by atoms with Gasteiger partial charge in [0.25, 0.3) is 0 Å². The standard InChI is InChI=1S/C14H21N3S/c1-4-7-17-10-13(9-16-17)8-15-12(3)14-6-5-11(2)18-14/h5-6,9-10,12,15H,4,7-8H2,1-3H3. The summed E-state index contributed by atoms with van der Waals surface area (Å²) in [5.74, 6) is 0. The van der Waals surface area contributed by atoms with Gasteiger partial charge in [0.1, 0.15) is 0 Å². The first-order valence-corrected chi connectivity index (χ1v) is 7.31. The molecule has 98 valence electrons. The van der Waals surface area contributed by atoms with E-state index in [1.54, 1.807) is 0 Å². The van der Waals surface area contributed by atoms with Crippen molar-refractivity contribution in [1.82, 2.24) is 15.1 Å². The molecule has 0 fully saturated rings. The molecule has 0 aliphatic rings. The number of nitrogens with zero attached hydrogens (tertiary/aromatic N) is 2. The Morgan fingerprint density at radius 1 is 1.44 bits per heavy atom. The van der Waals surface area contributed by atoms with E-state index in [2.05, 4.69) is 49.5 Å². The maximum absolute atomic E-state index is 4.34. The van der Waals surface area contributed by atoms with Crippen LogP contribution in [0.25, 0.3) is 0 Å². The van der Waals surface area contributed by atoms with Crippen LogP contribution in [0, 0.1) is 6.92 Å². The van der Waals surface area contributed by atoms with E-state index in [1.807, 2.05) is 22.2 Å². The van der Waals surface area contributed by atoms with Gasteiger partial charge in [-0.15, -0.1) is 11.3 Å². The van der Waals surface area contributed by atoms with Gasteiger partial charge >= 0.3 is 0 Å². The third-order valence-electron chi connectivity index (χ3n) is 2.94. The number of nitrogens with one attached hydrogen (secondary N) is 1. The minimum atomic E-state index is 0.401. The minimum absolute atomic E-state index is 0.401. The molecule has 0 radical (unpaired) electrons. The minimum Gasteiger partial charge on any atom is -0.305 e. The van der Waals surface area contributed by atoms with Crippen LogP contribution in [-0.2, 0) is 13.1 Å². The molecule has 0 bridgehead atoms.